The number of anilines is 1. The van der Waals surface area contributed by atoms with E-state index in [1.54, 1.807) is 6.08 Å². The molecule has 0 saturated carbocycles. The zero-order valence-electron chi connectivity index (χ0n) is 17.0. The molecule has 3 aromatic carbocycles. The van der Waals surface area contributed by atoms with Crippen molar-refractivity contribution in [3.63, 3.8) is 0 Å². The number of fused-ring (bicyclic) bond motifs is 1. The van der Waals surface area contributed by atoms with Gasteiger partial charge >= 0.3 is 0 Å². The lowest BCUT2D eigenvalue weighted by Gasteiger charge is -2.24. The summed E-state index contributed by atoms with van der Waals surface area (Å²) < 4.78 is 11.0. The number of amides is 1. The lowest BCUT2D eigenvalue weighted by molar-refractivity contribution is -0.115. The molecule has 5 rings (SSSR count). The first-order valence-corrected chi connectivity index (χ1v) is 10.1. The third kappa shape index (κ3) is 3.88. The molecule has 2 heterocycles. The standard InChI is InChI=1S/C25H21N3O3/c1-17-12-19(14-22-23(17)31-16-30-22)13-21-24(29)27-25(26-21)28(20-10-6-3-7-11-20)15-18-8-4-2-5-9-18/h2-14H,15-16H2,1H3,(H,26,27,29)/b21-13-. The average molecular weight is 411 g/mol. The summed E-state index contributed by atoms with van der Waals surface area (Å²) in [5.41, 5.74) is 4.21. The molecule has 154 valence electrons. The topological polar surface area (TPSA) is 63.2 Å². The van der Waals surface area contributed by atoms with Crippen LogP contribution in [0.3, 0.4) is 0 Å². The van der Waals surface area contributed by atoms with Crippen LogP contribution in [0.1, 0.15) is 16.7 Å². The molecule has 1 N–H and O–H groups in total. The largest absolute Gasteiger partial charge is 0.454 e. The molecular weight excluding hydrogens is 390 g/mol. The maximum absolute atomic E-state index is 12.7. The quantitative estimate of drug-likeness (QED) is 0.652. The van der Waals surface area contributed by atoms with Gasteiger partial charge in [0, 0.05) is 5.69 Å². The van der Waals surface area contributed by atoms with Crippen LogP contribution in [0.5, 0.6) is 11.5 Å². The van der Waals surface area contributed by atoms with E-state index in [4.69, 9.17) is 9.47 Å². The van der Waals surface area contributed by atoms with Crippen molar-refractivity contribution in [2.75, 3.05) is 11.7 Å². The van der Waals surface area contributed by atoms with Crippen LogP contribution in [0.2, 0.25) is 0 Å². The minimum absolute atomic E-state index is 0.213. The monoisotopic (exact) mass is 411 g/mol. The van der Waals surface area contributed by atoms with Crippen LogP contribution in [-0.4, -0.2) is 18.7 Å². The molecule has 0 aromatic heterocycles. The SMILES string of the molecule is Cc1cc(/C=C2\N=C(N(Cc3ccccc3)c3ccccc3)NC2=O)cc2c1OCO2. The molecule has 0 radical (unpaired) electrons. The minimum atomic E-state index is -0.237. The zero-order chi connectivity index (χ0) is 21.2. The van der Waals surface area contributed by atoms with Gasteiger partial charge in [-0.25, -0.2) is 4.99 Å². The summed E-state index contributed by atoms with van der Waals surface area (Å²) in [6, 6.07) is 23.8. The number of para-hydroxylation sites is 1. The summed E-state index contributed by atoms with van der Waals surface area (Å²) in [5.74, 6) is 1.70. The number of benzene rings is 3. The third-order valence-corrected chi connectivity index (χ3v) is 5.18. The lowest BCUT2D eigenvalue weighted by atomic mass is 10.1. The van der Waals surface area contributed by atoms with Crippen LogP contribution in [-0.2, 0) is 11.3 Å². The molecule has 0 atom stereocenters. The predicted molar refractivity (Wildman–Crippen MR) is 120 cm³/mol. The van der Waals surface area contributed by atoms with Crippen molar-refractivity contribution < 1.29 is 14.3 Å². The van der Waals surface area contributed by atoms with E-state index in [-0.39, 0.29) is 12.7 Å². The number of nitrogens with zero attached hydrogens (tertiary/aromatic N) is 2. The van der Waals surface area contributed by atoms with Crippen molar-refractivity contribution in [2.24, 2.45) is 4.99 Å². The lowest BCUT2D eigenvalue weighted by Crippen LogP contribution is -2.40. The Labute approximate surface area is 180 Å². The third-order valence-electron chi connectivity index (χ3n) is 5.18. The predicted octanol–water partition coefficient (Wildman–Crippen LogP) is 4.26. The number of nitrogens with one attached hydrogen (secondary N) is 1. The van der Waals surface area contributed by atoms with Crippen molar-refractivity contribution in [1.82, 2.24) is 5.32 Å². The normalized spacial score (nSPS) is 15.7. The van der Waals surface area contributed by atoms with E-state index in [0.717, 1.165) is 28.1 Å². The summed E-state index contributed by atoms with van der Waals surface area (Å²) in [7, 11) is 0. The van der Waals surface area contributed by atoms with Crippen LogP contribution in [0.4, 0.5) is 5.69 Å². The highest BCUT2D eigenvalue weighted by atomic mass is 16.7. The minimum Gasteiger partial charge on any atom is -0.454 e. The summed E-state index contributed by atoms with van der Waals surface area (Å²) in [6.45, 7) is 2.75. The molecule has 0 bridgehead atoms. The van der Waals surface area contributed by atoms with Gasteiger partial charge in [-0.15, -0.1) is 0 Å². The van der Waals surface area contributed by atoms with Crippen LogP contribution in [0.15, 0.2) is 83.5 Å². The Hall–Kier alpha value is -4.06. The fraction of sp³-hybridized carbons (Fsp3) is 0.120. The molecule has 31 heavy (non-hydrogen) atoms. The highest BCUT2D eigenvalue weighted by Gasteiger charge is 2.26. The van der Waals surface area contributed by atoms with Crippen molar-refractivity contribution in [1.29, 1.82) is 0 Å². The van der Waals surface area contributed by atoms with E-state index in [1.165, 1.54) is 0 Å². The van der Waals surface area contributed by atoms with Gasteiger partial charge < -0.3 is 14.4 Å². The fourth-order valence-electron chi connectivity index (χ4n) is 3.70. The number of hydrogen-bond donors (Lipinski definition) is 1. The van der Waals surface area contributed by atoms with Crippen molar-refractivity contribution in [3.8, 4) is 11.5 Å². The molecular formula is C25H21N3O3. The number of hydrogen-bond acceptors (Lipinski definition) is 5. The molecule has 2 aliphatic heterocycles. The number of carbonyl (C=O) groups is 1. The Kier molecular flexibility index (Phi) is 4.88. The van der Waals surface area contributed by atoms with E-state index < -0.39 is 0 Å². The number of guanidine groups is 1. The fourth-order valence-corrected chi connectivity index (χ4v) is 3.70. The molecule has 0 spiro atoms. The number of ether oxygens (including phenoxy) is 2. The second-order valence-corrected chi connectivity index (χ2v) is 7.40. The van der Waals surface area contributed by atoms with Gasteiger partial charge in [0.15, 0.2) is 11.5 Å². The Morgan fingerprint density at radius 2 is 1.77 bits per heavy atom. The van der Waals surface area contributed by atoms with Crippen LogP contribution < -0.4 is 19.7 Å². The van der Waals surface area contributed by atoms with Gasteiger partial charge in [-0.3, -0.25) is 10.1 Å². The summed E-state index contributed by atoms with van der Waals surface area (Å²) in [6.07, 6.45) is 1.77. The second-order valence-electron chi connectivity index (χ2n) is 7.40. The molecule has 3 aromatic rings. The number of carbonyl (C=O) groups excluding carboxylic acids is 1. The van der Waals surface area contributed by atoms with Gasteiger partial charge in [0.25, 0.3) is 5.91 Å². The summed E-state index contributed by atoms with van der Waals surface area (Å²) in [4.78, 5) is 19.3. The van der Waals surface area contributed by atoms with E-state index in [2.05, 4.69) is 22.4 Å². The number of aryl methyl sites for hydroxylation is 1. The second kappa shape index (κ2) is 7.99. The van der Waals surface area contributed by atoms with Crippen molar-refractivity contribution in [2.45, 2.75) is 13.5 Å². The van der Waals surface area contributed by atoms with Crippen LogP contribution >= 0.6 is 0 Å². The van der Waals surface area contributed by atoms with Crippen LogP contribution in [0, 0.1) is 6.92 Å². The molecule has 6 nitrogen and oxygen atoms in total. The molecule has 1 amide bonds. The highest BCUT2D eigenvalue weighted by molar-refractivity contribution is 6.18. The molecule has 6 heteroatoms. The summed E-state index contributed by atoms with van der Waals surface area (Å²) in [5, 5.41) is 2.92. The first-order chi connectivity index (χ1) is 15.2. The molecule has 0 saturated heterocycles. The van der Waals surface area contributed by atoms with Gasteiger partial charge in [0.05, 0.1) is 6.54 Å². The van der Waals surface area contributed by atoms with Crippen LogP contribution in [0.25, 0.3) is 6.08 Å². The van der Waals surface area contributed by atoms with Crippen molar-refractivity contribution >= 4 is 23.6 Å². The van der Waals surface area contributed by atoms with E-state index >= 15 is 0 Å². The van der Waals surface area contributed by atoms with Crippen molar-refractivity contribution in [3.05, 3.63) is 95.2 Å². The number of aliphatic imine (C=N–C) groups is 1. The zero-order valence-corrected chi connectivity index (χ0v) is 17.0. The number of rotatable bonds is 4. The molecule has 0 unspecified atom stereocenters. The molecule has 0 aliphatic carbocycles. The smallest absolute Gasteiger partial charge is 0.276 e. The molecule has 0 fully saturated rings. The highest BCUT2D eigenvalue weighted by Crippen LogP contribution is 2.37. The maximum Gasteiger partial charge on any atom is 0.276 e. The van der Waals surface area contributed by atoms with Gasteiger partial charge in [-0.1, -0.05) is 48.5 Å². The van der Waals surface area contributed by atoms with E-state index in [0.29, 0.717) is 24.0 Å². The Balaban J connectivity index is 1.49. The Bertz CT molecular complexity index is 1190. The molecule has 2 aliphatic rings. The maximum atomic E-state index is 12.7. The van der Waals surface area contributed by atoms with Gasteiger partial charge in [0.2, 0.25) is 12.8 Å². The Morgan fingerprint density at radius 3 is 2.55 bits per heavy atom. The average Bonchev–Trinajstić information content (AvgIpc) is 3.40. The van der Waals surface area contributed by atoms with E-state index in [1.807, 2.05) is 72.5 Å². The summed E-state index contributed by atoms with van der Waals surface area (Å²) >= 11 is 0. The first kappa shape index (κ1) is 18.9. The van der Waals surface area contributed by atoms with E-state index in [9.17, 15) is 4.79 Å². The first-order valence-electron chi connectivity index (χ1n) is 10.1. The van der Waals surface area contributed by atoms with Gasteiger partial charge in [-0.05, 0) is 54.0 Å². The Morgan fingerprint density at radius 1 is 1.03 bits per heavy atom. The van der Waals surface area contributed by atoms with Gasteiger partial charge in [-0.2, -0.15) is 0 Å². The van der Waals surface area contributed by atoms with Gasteiger partial charge in [0.1, 0.15) is 5.70 Å².